The lowest BCUT2D eigenvalue weighted by Crippen LogP contribution is -2.52. The third-order valence-electron chi connectivity index (χ3n) is 4.31. The van der Waals surface area contributed by atoms with Crippen LogP contribution in [0.2, 0.25) is 0 Å². The van der Waals surface area contributed by atoms with Gasteiger partial charge in [0.2, 0.25) is 0 Å². The molecular weight excluding hydrogens is 308 g/mol. The Morgan fingerprint density at radius 3 is 1.96 bits per heavy atom. The average Bonchev–Trinajstić information content (AvgIpc) is 3.31. The zero-order valence-corrected chi connectivity index (χ0v) is 14.2. The Hall–Kier alpha value is -3.40. The standard InChI is InChI=1S/C21H20N4/c1-3-19-11-5-7-13-21(19)23-15-9-17-25(23)24-16-8-14-22(24)20-12-6-4-10-18(20)2/h3-17H,1H2,2H3/q+2. The van der Waals surface area contributed by atoms with E-state index >= 15 is 0 Å². The van der Waals surface area contributed by atoms with Crippen molar-refractivity contribution in [3.8, 4) is 11.4 Å². The first kappa shape index (κ1) is 15.1. The molecule has 0 N–H and O–H groups in total. The molecule has 0 spiro atoms. The molecule has 0 radical (unpaired) electrons. The van der Waals surface area contributed by atoms with Gasteiger partial charge in [0, 0.05) is 23.3 Å². The molecule has 0 amide bonds. The van der Waals surface area contributed by atoms with Gasteiger partial charge in [0.15, 0.2) is 23.8 Å². The molecule has 25 heavy (non-hydrogen) atoms. The number of para-hydroxylation sites is 2. The molecular formula is C21H20N4+2. The van der Waals surface area contributed by atoms with Crippen molar-refractivity contribution in [2.24, 2.45) is 0 Å². The predicted molar refractivity (Wildman–Crippen MR) is 97.6 cm³/mol. The lowest BCUT2D eigenvalue weighted by Gasteiger charge is -2.04. The van der Waals surface area contributed by atoms with Gasteiger partial charge in [-0.05, 0) is 19.1 Å². The zero-order chi connectivity index (χ0) is 17.2. The van der Waals surface area contributed by atoms with Crippen LogP contribution in [0.4, 0.5) is 0 Å². The van der Waals surface area contributed by atoms with E-state index in [4.69, 9.17) is 0 Å². The molecule has 0 fully saturated rings. The lowest BCUT2D eigenvalue weighted by atomic mass is 10.2. The van der Waals surface area contributed by atoms with E-state index in [0.717, 1.165) is 16.9 Å². The molecule has 0 atom stereocenters. The minimum atomic E-state index is 1.08. The molecule has 122 valence electrons. The van der Waals surface area contributed by atoms with Crippen LogP contribution in [0.25, 0.3) is 17.5 Å². The Labute approximate surface area is 147 Å². The number of benzene rings is 2. The van der Waals surface area contributed by atoms with E-state index in [1.54, 1.807) is 0 Å². The fraction of sp³-hybridized carbons (Fsp3) is 0.0476. The second kappa shape index (κ2) is 6.24. The Balaban J connectivity index is 1.90. The fourth-order valence-electron chi connectivity index (χ4n) is 3.08. The summed E-state index contributed by atoms with van der Waals surface area (Å²) in [5.41, 5.74) is 4.52. The lowest BCUT2D eigenvalue weighted by molar-refractivity contribution is -0.764. The van der Waals surface area contributed by atoms with Crippen LogP contribution in [0.5, 0.6) is 0 Å². The van der Waals surface area contributed by atoms with Crippen molar-refractivity contribution < 1.29 is 9.36 Å². The van der Waals surface area contributed by atoms with Crippen LogP contribution in [-0.4, -0.2) is 9.58 Å². The molecule has 4 rings (SSSR count). The van der Waals surface area contributed by atoms with Crippen LogP contribution in [-0.2, 0) is 0 Å². The molecule has 0 aliphatic rings. The first-order valence-electron chi connectivity index (χ1n) is 8.26. The molecule has 2 heterocycles. The first-order chi connectivity index (χ1) is 12.3. The van der Waals surface area contributed by atoms with Gasteiger partial charge in [-0.3, -0.25) is 0 Å². The van der Waals surface area contributed by atoms with Crippen molar-refractivity contribution >= 4 is 6.08 Å². The highest BCUT2D eigenvalue weighted by Crippen LogP contribution is 2.10. The van der Waals surface area contributed by atoms with Gasteiger partial charge >= 0.3 is 0 Å². The van der Waals surface area contributed by atoms with E-state index in [1.807, 2.05) is 48.9 Å². The van der Waals surface area contributed by atoms with Crippen molar-refractivity contribution in [1.82, 2.24) is 9.58 Å². The highest BCUT2D eigenvalue weighted by atomic mass is 15.7. The van der Waals surface area contributed by atoms with Crippen LogP contribution < -0.4 is 9.36 Å². The highest BCUT2D eigenvalue weighted by molar-refractivity contribution is 5.55. The van der Waals surface area contributed by atoms with Crippen molar-refractivity contribution in [2.45, 2.75) is 6.92 Å². The number of hydrogen-bond donors (Lipinski definition) is 0. The monoisotopic (exact) mass is 328 g/mol. The number of rotatable bonds is 4. The summed E-state index contributed by atoms with van der Waals surface area (Å²) in [6.45, 7) is 6.06. The second-order valence-electron chi connectivity index (χ2n) is 5.86. The summed E-state index contributed by atoms with van der Waals surface area (Å²) < 4.78 is 4.23. The van der Waals surface area contributed by atoms with E-state index in [-0.39, 0.29) is 0 Å². The normalized spacial score (nSPS) is 10.8. The molecule has 4 heteroatoms. The minimum Gasteiger partial charge on any atom is -0.0983 e. The van der Waals surface area contributed by atoms with Crippen LogP contribution >= 0.6 is 0 Å². The largest absolute Gasteiger partial charge is 0.189 e. The van der Waals surface area contributed by atoms with Gasteiger partial charge in [0.05, 0.1) is 9.58 Å². The summed E-state index contributed by atoms with van der Waals surface area (Å²) in [7, 11) is 0. The molecule has 4 aromatic rings. The summed E-state index contributed by atoms with van der Waals surface area (Å²) in [6.07, 6.45) is 10.1. The van der Waals surface area contributed by atoms with E-state index in [9.17, 15) is 0 Å². The van der Waals surface area contributed by atoms with Gasteiger partial charge < -0.3 is 0 Å². The number of hydrogen-bond acceptors (Lipinski definition) is 0. The van der Waals surface area contributed by atoms with Gasteiger partial charge in [-0.1, -0.05) is 58.4 Å². The van der Waals surface area contributed by atoms with Crippen LogP contribution in [0.1, 0.15) is 11.1 Å². The Bertz CT molecular complexity index is 1040. The molecule has 0 aliphatic heterocycles. The molecule has 0 saturated heterocycles. The van der Waals surface area contributed by atoms with E-state index in [0.29, 0.717) is 0 Å². The van der Waals surface area contributed by atoms with E-state index in [2.05, 4.69) is 75.0 Å². The van der Waals surface area contributed by atoms with Gasteiger partial charge in [-0.25, -0.2) is 0 Å². The number of nitrogens with zero attached hydrogens (tertiary/aromatic N) is 4. The van der Waals surface area contributed by atoms with Gasteiger partial charge in [0.1, 0.15) is 12.4 Å². The maximum Gasteiger partial charge on any atom is 0.189 e. The molecule has 2 aromatic carbocycles. The third kappa shape index (κ3) is 2.58. The summed E-state index contributed by atoms with van der Waals surface area (Å²) in [5.74, 6) is 0. The second-order valence-corrected chi connectivity index (χ2v) is 5.86. The van der Waals surface area contributed by atoms with E-state index in [1.165, 1.54) is 5.56 Å². The zero-order valence-electron chi connectivity index (χ0n) is 14.2. The topological polar surface area (TPSA) is 17.6 Å². The SMILES string of the molecule is C=Cc1ccccc1-[n+]1cccn1-n1ccc[n+]1-c1ccccc1C. The van der Waals surface area contributed by atoms with Crippen LogP contribution in [0.3, 0.4) is 0 Å². The summed E-state index contributed by atoms with van der Waals surface area (Å²) in [4.78, 5) is 4.14. The van der Waals surface area contributed by atoms with Crippen molar-refractivity contribution in [3.05, 3.63) is 103 Å². The average molecular weight is 328 g/mol. The molecule has 0 saturated carbocycles. The highest BCUT2D eigenvalue weighted by Gasteiger charge is 2.24. The Morgan fingerprint density at radius 1 is 0.760 bits per heavy atom. The van der Waals surface area contributed by atoms with Crippen molar-refractivity contribution in [1.29, 1.82) is 0 Å². The minimum absolute atomic E-state index is 1.08. The number of aryl methyl sites for hydroxylation is 1. The first-order valence-corrected chi connectivity index (χ1v) is 8.26. The molecule has 0 aliphatic carbocycles. The Kier molecular flexibility index (Phi) is 3.78. The maximum absolute atomic E-state index is 3.94. The summed E-state index contributed by atoms with van der Waals surface area (Å²) >= 11 is 0. The van der Waals surface area contributed by atoms with Gasteiger partial charge in [-0.15, -0.1) is 0 Å². The molecule has 0 unspecified atom stereocenters. The fourth-order valence-corrected chi connectivity index (χ4v) is 3.08. The third-order valence-corrected chi connectivity index (χ3v) is 4.31. The smallest absolute Gasteiger partial charge is 0.0983 e. The molecule has 0 bridgehead atoms. The van der Waals surface area contributed by atoms with E-state index < -0.39 is 0 Å². The van der Waals surface area contributed by atoms with Crippen LogP contribution in [0, 0.1) is 6.92 Å². The predicted octanol–water partition coefficient (Wildman–Crippen LogP) is 3.11. The van der Waals surface area contributed by atoms with Gasteiger partial charge in [-0.2, -0.15) is 0 Å². The quantitative estimate of drug-likeness (QED) is 0.512. The molecule has 4 nitrogen and oxygen atoms in total. The molecule has 2 aromatic heterocycles. The van der Waals surface area contributed by atoms with Crippen molar-refractivity contribution in [3.63, 3.8) is 0 Å². The summed E-state index contributed by atoms with van der Waals surface area (Å²) in [5, 5.41) is 0. The Morgan fingerprint density at radius 2 is 1.32 bits per heavy atom. The van der Waals surface area contributed by atoms with Crippen LogP contribution in [0.15, 0.2) is 92.0 Å². The van der Waals surface area contributed by atoms with Gasteiger partial charge in [0.25, 0.3) is 0 Å². The number of aromatic nitrogens is 4. The summed E-state index contributed by atoms with van der Waals surface area (Å²) in [6, 6.07) is 20.7. The van der Waals surface area contributed by atoms with Crippen molar-refractivity contribution in [2.75, 3.05) is 0 Å². The maximum atomic E-state index is 3.94.